The molecule has 0 aromatic rings. The van der Waals surface area contributed by atoms with Gasteiger partial charge in [-0.2, -0.15) is 0 Å². The maximum Gasteiger partial charge on any atom is 0.268 e. The van der Waals surface area contributed by atoms with Crippen LogP contribution in [0.5, 0.6) is 0 Å². The van der Waals surface area contributed by atoms with E-state index in [0.717, 1.165) is 44.9 Å². The van der Waals surface area contributed by atoms with E-state index in [4.69, 9.17) is 9.05 Å². The molecule has 0 heterocycles. The average molecular weight is 523 g/mol. The maximum atomic E-state index is 12.5. The quantitative estimate of drug-likeness (QED) is 0.106. The second-order valence-electron chi connectivity index (χ2n) is 10.8. The molecule has 0 rings (SSSR count). The summed E-state index contributed by atoms with van der Waals surface area (Å²) in [6, 6.07) is -0.785. The minimum atomic E-state index is -4.52. The first-order chi connectivity index (χ1) is 16.5. The fraction of sp³-hybridized carbons (Fsp3) is 0.962. The number of phosphoric ester groups is 1. The van der Waals surface area contributed by atoms with Crippen molar-refractivity contribution in [3.8, 4) is 0 Å². The monoisotopic (exact) mass is 522 g/mol. The molecule has 1 amide bonds. The summed E-state index contributed by atoms with van der Waals surface area (Å²) >= 11 is 0. The van der Waals surface area contributed by atoms with Crippen LogP contribution in [0.1, 0.15) is 110 Å². The van der Waals surface area contributed by atoms with Crippen molar-refractivity contribution in [1.29, 1.82) is 0 Å². The lowest BCUT2D eigenvalue weighted by Gasteiger charge is -2.30. The predicted molar refractivity (Wildman–Crippen MR) is 141 cm³/mol. The van der Waals surface area contributed by atoms with Gasteiger partial charge in [0.1, 0.15) is 13.2 Å². The zero-order valence-electron chi connectivity index (χ0n) is 23.3. The number of likely N-dealkylation sites (N-methyl/N-ethyl adjacent to an activating group) is 1. The van der Waals surface area contributed by atoms with Gasteiger partial charge in [0.15, 0.2) is 0 Å². The first-order valence-electron chi connectivity index (χ1n) is 13.9. The number of nitrogens with zero attached hydrogens (tertiary/aromatic N) is 1. The van der Waals surface area contributed by atoms with Gasteiger partial charge in [-0.1, -0.05) is 90.9 Å². The molecule has 0 saturated heterocycles. The Morgan fingerprint density at radius 1 is 0.886 bits per heavy atom. The molecule has 2 N–H and O–H groups in total. The number of amides is 1. The number of aliphatic hydroxyl groups excluding tert-OH is 1. The van der Waals surface area contributed by atoms with Crippen LogP contribution in [0.25, 0.3) is 0 Å². The molecule has 0 aliphatic carbocycles. The van der Waals surface area contributed by atoms with Gasteiger partial charge in [-0.05, 0) is 12.8 Å². The largest absolute Gasteiger partial charge is 0.756 e. The lowest BCUT2D eigenvalue weighted by atomic mass is 10.0. The fourth-order valence-electron chi connectivity index (χ4n) is 3.74. The van der Waals surface area contributed by atoms with Crippen LogP contribution in [0.2, 0.25) is 0 Å². The van der Waals surface area contributed by atoms with Crippen molar-refractivity contribution in [3.63, 3.8) is 0 Å². The van der Waals surface area contributed by atoms with Gasteiger partial charge in [0.05, 0.1) is 39.9 Å². The third-order valence-corrected chi connectivity index (χ3v) is 7.06. The average Bonchev–Trinajstić information content (AvgIpc) is 2.77. The molecule has 3 atom stereocenters. The van der Waals surface area contributed by atoms with E-state index < -0.39 is 20.0 Å². The molecular formula is C26H55N2O6P. The third-order valence-electron chi connectivity index (χ3n) is 6.10. The molecule has 0 aromatic heterocycles. The number of carbonyl (C=O) groups excluding carboxylic acids is 1. The minimum absolute atomic E-state index is 0.0134. The summed E-state index contributed by atoms with van der Waals surface area (Å²) in [4.78, 5) is 24.7. The van der Waals surface area contributed by atoms with Gasteiger partial charge in [0.25, 0.3) is 7.82 Å². The van der Waals surface area contributed by atoms with Gasteiger partial charge >= 0.3 is 0 Å². The fourth-order valence-corrected chi connectivity index (χ4v) is 4.46. The van der Waals surface area contributed by atoms with Gasteiger partial charge < -0.3 is 28.8 Å². The molecule has 210 valence electrons. The molecule has 0 aliphatic heterocycles. The van der Waals surface area contributed by atoms with E-state index in [0.29, 0.717) is 23.9 Å². The smallest absolute Gasteiger partial charge is 0.268 e. The molecule has 0 aromatic carbocycles. The van der Waals surface area contributed by atoms with Gasteiger partial charge in [-0.15, -0.1) is 0 Å². The molecule has 9 heteroatoms. The SMILES string of the molecule is CCCCCCCCCCCC(=O)NC(COP(=O)([O-])OCC[N+](C)(C)C)C(O)CCCCCC. The lowest BCUT2D eigenvalue weighted by molar-refractivity contribution is -0.870. The molecule has 35 heavy (non-hydrogen) atoms. The standard InChI is InChI=1S/C26H55N2O6P/c1-6-8-10-12-13-14-15-16-18-20-26(30)27-24(25(29)19-17-11-9-7-2)23-34-35(31,32)33-22-21-28(3,4)5/h24-25,29H,6-23H2,1-5H3,(H-,27,30,31,32). The zero-order chi connectivity index (χ0) is 26.6. The Morgan fingerprint density at radius 2 is 1.40 bits per heavy atom. The number of aliphatic hydroxyl groups is 1. The number of quaternary nitrogens is 1. The van der Waals surface area contributed by atoms with Crippen LogP contribution in [0, 0.1) is 0 Å². The number of unbranched alkanes of at least 4 members (excludes halogenated alkanes) is 11. The Morgan fingerprint density at radius 3 is 1.94 bits per heavy atom. The number of nitrogens with one attached hydrogen (secondary N) is 1. The van der Waals surface area contributed by atoms with Crippen molar-refractivity contribution in [1.82, 2.24) is 5.32 Å². The third kappa shape index (κ3) is 22.4. The summed E-state index contributed by atoms with van der Waals surface area (Å²) in [5.41, 5.74) is 0. The summed E-state index contributed by atoms with van der Waals surface area (Å²) in [7, 11) is 1.30. The second-order valence-corrected chi connectivity index (χ2v) is 12.2. The summed E-state index contributed by atoms with van der Waals surface area (Å²) in [6.45, 7) is 4.52. The molecule has 0 aliphatic rings. The lowest BCUT2D eigenvalue weighted by Crippen LogP contribution is -2.46. The Hall–Kier alpha value is -0.500. The predicted octanol–water partition coefficient (Wildman–Crippen LogP) is 4.93. The van der Waals surface area contributed by atoms with Gasteiger partial charge in [-0.25, -0.2) is 0 Å². The Kier molecular flexibility index (Phi) is 20.3. The van der Waals surface area contributed by atoms with E-state index in [1.807, 2.05) is 21.1 Å². The molecule has 3 unspecified atom stereocenters. The van der Waals surface area contributed by atoms with E-state index in [2.05, 4.69) is 19.2 Å². The Balaban J connectivity index is 4.52. The van der Waals surface area contributed by atoms with E-state index in [1.54, 1.807) is 0 Å². The van der Waals surface area contributed by atoms with Crippen molar-refractivity contribution in [2.75, 3.05) is 40.9 Å². The Bertz CT molecular complexity index is 571. The second kappa shape index (κ2) is 20.5. The number of rotatable bonds is 24. The van der Waals surface area contributed by atoms with E-state index >= 15 is 0 Å². The van der Waals surface area contributed by atoms with Gasteiger partial charge in [0, 0.05) is 6.42 Å². The first kappa shape index (κ1) is 34.5. The van der Waals surface area contributed by atoms with E-state index in [-0.39, 0.29) is 19.1 Å². The van der Waals surface area contributed by atoms with Crippen molar-refractivity contribution in [3.05, 3.63) is 0 Å². The summed E-state index contributed by atoms with van der Waals surface area (Å²) in [5, 5.41) is 13.4. The number of hydrogen-bond acceptors (Lipinski definition) is 6. The summed E-state index contributed by atoms with van der Waals surface area (Å²) < 4.78 is 22.7. The van der Waals surface area contributed by atoms with Crippen LogP contribution in [-0.4, -0.2) is 68.5 Å². The summed E-state index contributed by atoms with van der Waals surface area (Å²) in [6.07, 6.45) is 14.5. The van der Waals surface area contributed by atoms with Crippen molar-refractivity contribution in [2.24, 2.45) is 0 Å². The van der Waals surface area contributed by atoms with Crippen LogP contribution in [0.15, 0.2) is 0 Å². The van der Waals surface area contributed by atoms with Crippen molar-refractivity contribution < 1.29 is 32.9 Å². The highest BCUT2D eigenvalue weighted by atomic mass is 31.2. The van der Waals surface area contributed by atoms with E-state index in [9.17, 15) is 19.4 Å². The minimum Gasteiger partial charge on any atom is -0.756 e. The highest BCUT2D eigenvalue weighted by molar-refractivity contribution is 7.45. The van der Waals surface area contributed by atoms with Crippen LogP contribution >= 0.6 is 7.82 Å². The molecule has 0 radical (unpaired) electrons. The molecule has 8 nitrogen and oxygen atoms in total. The summed E-state index contributed by atoms with van der Waals surface area (Å²) in [5.74, 6) is -0.180. The highest BCUT2D eigenvalue weighted by Crippen LogP contribution is 2.38. The first-order valence-corrected chi connectivity index (χ1v) is 15.3. The van der Waals surface area contributed by atoms with Crippen LogP contribution in [0.4, 0.5) is 0 Å². The number of carbonyl (C=O) groups is 1. The van der Waals surface area contributed by atoms with Crippen LogP contribution < -0.4 is 10.2 Å². The zero-order valence-corrected chi connectivity index (χ0v) is 24.2. The van der Waals surface area contributed by atoms with Crippen molar-refractivity contribution in [2.45, 2.75) is 122 Å². The van der Waals surface area contributed by atoms with E-state index in [1.165, 1.54) is 38.5 Å². The topological polar surface area (TPSA) is 108 Å². The number of hydrogen-bond donors (Lipinski definition) is 2. The molecular weight excluding hydrogens is 467 g/mol. The maximum absolute atomic E-state index is 12.5. The van der Waals surface area contributed by atoms with Gasteiger partial charge in [-0.3, -0.25) is 9.36 Å². The Labute approximate surface area is 215 Å². The van der Waals surface area contributed by atoms with Crippen molar-refractivity contribution >= 4 is 13.7 Å². The highest BCUT2D eigenvalue weighted by Gasteiger charge is 2.24. The molecule has 0 fully saturated rings. The molecule has 0 saturated carbocycles. The number of phosphoric acid groups is 1. The van der Waals surface area contributed by atoms with Crippen LogP contribution in [-0.2, 0) is 18.4 Å². The molecule has 0 spiro atoms. The van der Waals surface area contributed by atoms with Gasteiger partial charge in [0.2, 0.25) is 5.91 Å². The molecule has 0 bridgehead atoms. The normalized spacial score (nSPS) is 15.5. The van der Waals surface area contributed by atoms with Crippen LogP contribution in [0.3, 0.4) is 0 Å².